The first-order chi connectivity index (χ1) is 7.80. The Labute approximate surface area is 102 Å². The van der Waals surface area contributed by atoms with E-state index in [0.29, 0.717) is 0 Å². The molecule has 3 nitrogen and oxygen atoms in total. The van der Waals surface area contributed by atoms with Crippen molar-refractivity contribution in [1.29, 1.82) is 0 Å². The quantitative estimate of drug-likeness (QED) is 0.806. The molecular weight excluding hydrogens is 280 g/mol. The van der Waals surface area contributed by atoms with Crippen LogP contribution in [0.2, 0.25) is 10.0 Å². The van der Waals surface area contributed by atoms with Gasteiger partial charge in [-0.05, 0) is 12.1 Å². The van der Waals surface area contributed by atoms with Gasteiger partial charge in [0, 0.05) is 0 Å². The average Bonchev–Trinajstić information content (AvgIpc) is 2.21. The lowest BCUT2D eigenvalue weighted by Crippen LogP contribution is -2.23. The number of H-pyrrole nitrogens is 1. The average molecular weight is 283 g/mol. The number of nitrogens with zero attached hydrogens (tertiary/aromatic N) is 1. The van der Waals surface area contributed by atoms with Crippen LogP contribution in [0.4, 0.5) is 13.2 Å². The summed E-state index contributed by atoms with van der Waals surface area (Å²) < 4.78 is 37.4. The van der Waals surface area contributed by atoms with E-state index in [9.17, 15) is 18.0 Å². The molecule has 2 rings (SSSR count). The predicted molar refractivity (Wildman–Crippen MR) is 57.4 cm³/mol. The highest BCUT2D eigenvalue weighted by Gasteiger charge is 2.36. The zero-order valence-corrected chi connectivity index (χ0v) is 9.41. The molecule has 0 saturated carbocycles. The van der Waals surface area contributed by atoms with Gasteiger partial charge >= 0.3 is 6.18 Å². The Bertz CT molecular complexity index is 651. The summed E-state index contributed by atoms with van der Waals surface area (Å²) in [6, 6.07) is 2.69. The molecule has 0 aliphatic rings. The van der Waals surface area contributed by atoms with Gasteiger partial charge in [0.1, 0.15) is 5.52 Å². The first-order valence-corrected chi connectivity index (χ1v) is 5.01. The van der Waals surface area contributed by atoms with E-state index in [2.05, 4.69) is 9.97 Å². The van der Waals surface area contributed by atoms with Crippen molar-refractivity contribution in [3.8, 4) is 0 Å². The summed E-state index contributed by atoms with van der Waals surface area (Å²) in [5, 5.41) is -0.0715. The number of hydrogen-bond donors (Lipinski definition) is 1. The third kappa shape index (κ3) is 2.10. The number of alkyl halides is 3. The first kappa shape index (κ1) is 12.2. The Morgan fingerprint density at radius 1 is 1.24 bits per heavy atom. The Kier molecular flexibility index (Phi) is 2.79. The molecule has 0 amide bonds. The molecule has 0 aliphatic heterocycles. The van der Waals surface area contributed by atoms with E-state index in [0.717, 1.165) is 0 Å². The second kappa shape index (κ2) is 3.89. The largest absolute Gasteiger partial charge is 0.438 e. The molecule has 0 unspecified atom stereocenters. The van der Waals surface area contributed by atoms with Crippen LogP contribution in [0.5, 0.6) is 0 Å². The summed E-state index contributed by atoms with van der Waals surface area (Å²) in [4.78, 5) is 16.4. The molecule has 0 radical (unpaired) electrons. The molecule has 8 heteroatoms. The van der Waals surface area contributed by atoms with E-state index in [1.54, 1.807) is 0 Å². The maximum Gasteiger partial charge on any atom is 0.438 e. The van der Waals surface area contributed by atoms with E-state index in [-0.39, 0.29) is 21.1 Å². The van der Waals surface area contributed by atoms with Crippen LogP contribution >= 0.6 is 23.2 Å². The van der Waals surface area contributed by atoms with Crippen LogP contribution in [-0.2, 0) is 6.18 Å². The van der Waals surface area contributed by atoms with Gasteiger partial charge in [-0.15, -0.1) is 0 Å². The highest BCUT2D eigenvalue weighted by Crippen LogP contribution is 2.31. The lowest BCUT2D eigenvalue weighted by atomic mass is 10.3. The summed E-state index contributed by atoms with van der Waals surface area (Å²) >= 11 is 11.4. The van der Waals surface area contributed by atoms with Gasteiger partial charge < -0.3 is 4.98 Å². The Balaban J connectivity index is 2.88. The van der Waals surface area contributed by atoms with Crippen LogP contribution in [0.15, 0.2) is 16.9 Å². The first-order valence-electron chi connectivity index (χ1n) is 4.26. The number of rotatable bonds is 0. The molecule has 1 aromatic heterocycles. The molecule has 0 atom stereocenters. The van der Waals surface area contributed by atoms with Crippen molar-refractivity contribution in [2.75, 3.05) is 0 Å². The molecule has 0 fully saturated rings. The summed E-state index contributed by atoms with van der Waals surface area (Å²) in [5.74, 6) is 0. The third-order valence-electron chi connectivity index (χ3n) is 2.02. The SMILES string of the molecule is O=c1[nH]c2ccc(Cl)c(Cl)c2nc1C(F)(F)F. The molecule has 17 heavy (non-hydrogen) atoms. The van der Waals surface area contributed by atoms with Gasteiger partial charge in [-0.1, -0.05) is 23.2 Å². The summed E-state index contributed by atoms with van der Waals surface area (Å²) in [7, 11) is 0. The molecule has 1 heterocycles. The molecule has 90 valence electrons. The number of aromatic amines is 1. The minimum Gasteiger partial charge on any atom is -0.319 e. The number of benzene rings is 1. The lowest BCUT2D eigenvalue weighted by Gasteiger charge is -2.07. The van der Waals surface area contributed by atoms with Crippen LogP contribution in [0.1, 0.15) is 5.69 Å². The van der Waals surface area contributed by atoms with E-state index < -0.39 is 17.4 Å². The van der Waals surface area contributed by atoms with Gasteiger partial charge in [-0.25, -0.2) is 4.98 Å². The normalized spacial score (nSPS) is 12.1. The monoisotopic (exact) mass is 282 g/mol. The van der Waals surface area contributed by atoms with Crippen LogP contribution in [0, 0.1) is 0 Å². The van der Waals surface area contributed by atoms with Crippen molar-refractivity contribution in [3.05, 3.63) is 38.2 Å². The van der Waals surface area contributed by atoms with Crippen molar-refractivity contribution in [2.24, 2.45) is 0 Å². The topological polar surface area (TPSA) is 45.8 Å². The van der Waals surface area contributed by atoms with Crippen molar-refractivity contribution >= 4 is 34.2 Å². The molecule has 1 aromatic carbocycles. The van der Waals surface area contributed by atoms with Crippen molar-refractivity contribution in [2.45, 2.75) is 6.18 Å². The molecule has 0 bridgehead atoms. The zero-order chi connectivity index (χ0) is 12.8. The summed E-state index contributed by atoms with van der Waals surface area (Å²) in [6.45, 7) is 0. The molecule has 1 N–H and O–H groups in total. The van der Waals surface area contributed by atoms with Crippen LogP contribution < -0.4 is 5.56 Å². The Hall–Kier alpha value is -1.27. The standard InChI is InChI=1S/C9H3Cl2F3N2O/c10-3-1-2-4-6(5(3)11)16-7(8(17)15-4)9(12,13)14/h1-2H,(H,15,17). The van der Waals surface area contributed by atoms with Crippen molar-refractivity contribution < 1.29 is 13.2 Å². The van der Waals surface area contributed by atoms with Crippen molar-refractivity contribution in [3.63, 3.8) is 0 Å². The fraction of sp³-hybridized carbons (Fsp3) is 0.111. The zero-order valence-electron chi connectivity index (χ0n) is 7.90. The van der Waals surface area contributed by atoms with Gasteiger partial charge in [0.05, 0.1) is 15.6 Å². The van der Waals surface area contributed by atoms with E-state index in [1.807, 2.05) is 0 Å². The van der Waals surface area contributed by atoms with E-state index >= 15 is 0 Å². The number of halogens is 5. The van der Waals surface area contributed by atoms with Crippen LogP contribution in [0.3, 0.4) is 0 Å². The van der Waals surface area contributed by atoms with Gasteiger partial charge in [0.15, 0.2) is 0 Å². The highest BCUT2D eigenvalue weighted by atomic mass is 35.5. The second-order valence-electron chi connectivity index (χ2n) is 3.17. The Morgan fingerprint density at radius 2 is 1.88 bits per heavy atom. The Morgan fingerprint density at radius 3 is 2.47 bits per heavy atom. The number of nitrogens with one attached hydrogen (secondary N) is 1. The summed E-state index contributed by atoms with van der Waals surface area (Å²) in [5.41, 5.74) is -2.96. The number of fused-ring (bicyclic) bond motifs is 1. The van der Waals surface area contributed by atoms with Crippen LogP contribution in [0.25, 0.3) is 11.0 Å². The molecule has 0 saturated heterocycles. The maximum absolute atomic E-state index is 12.5. The predicted octanol–water partition coefficient (Wildman–Crippen LogP) is 3.25. The highest BCUT2D eigenvalue weighted by molar-refractivity contribution is 6.44. The molecular formula is C9H3Cl2F3N2O. The van der Waals surface area contributed by atoms with Crippen molar-refractivity contribution in [1.82, 2.24) is 9.97 Å². The lowest BCUT2D eigenvalue weighted by molar-refractivity contribution is -0.142. The summed E-state index contributed by atoms with van der Waals surface area (Å²) in [6.07, 6.45) is -4.84. The molecule has 0 spiro atoms. The van der Waals surface area contributed by atoms with Crippen LogP contribution in [-0.4, -0.2) is 9.97 Å². The third-order valence-corrected chi connectivity index (χ3v) is 2.82. The fourth-order valence-electron chi connectivity index (χ4n) is 1.29. The van der Waals surface area contributed by atoms with Gasteiger partial charge in [0.2, 0.25) is 5.69 Å². The number of hydrogen-bond acceptors (Lipinski definition) is 2. The fourth-order valence-corrected chi connectivity index (χ4v) is 1.65. The minimum atomic E-state index is -4.84. The van der Waals surface area contributed by atoms with E-state index in [1.165, 1.54) is 12.1 Å². The minimum absolute atomic E-state index is 0.0619. The molecule has 2 aromatic rings. The maximum atomic E-state index is 12.5. The van der Waals surface area contributed by atoms with Gasteiger partial charge in [0.25, 0.3) is 5.56 Å². The molecule has 0 aliphatic carbocycles. The van der Waals surface area contributed by atoms with Gasteiger partial charge in [-0.2, -0.15) is 13.2 Å². The van der Waals surface area contributed by atoms with Gasteiger partial charge in [-0.3, -0.25) is 4.79 Å². The smallest absolute Gasteiger partial charge is 0.319 e. The second-order valence-corrected chi connectivity index (χ2v) is 3.95. The van der Waals surface area contributed by atoms with E-state index in [4.69, 9.17) is 23.2 Å². The number of aromatic nitrogens is 2.